The maximum Gasteiger partial charge on any atom is 0.434 e. The molecule has 5 nitrogen and oxygen atoms in total. The van der Waals surface area contributed by atoms with E-state index in [1.807, 2.05) is 18.2 Å². The summed E-state index contributed by atoms with van der Waals surface area (Å²) < 4.78 is 37.9. The van der Waals surface area contributed by atoms with Gasteiger partial charge in [-0.3, -0.25) is 9.89 Å². The highest BCUT2D eigenvalue weighted by Gasteiger charge is 2.33. The fraction of sp³-hybridized carbons (Fsp3) is 0.429. The highest BCUT2D eigenvalue weighted by atomic mass is 127. The first-order chi connectivity index (χ1) is 14.5. The summed E-state index contributed by atoms with van der Waals surface area (Å²) >= 11 is 1.04. The van der Waals surface area contributed by atoms with Gasteiger partial charge in [-0.25, -0.2) is 4.98 Å². The Morgan fingerprint density at radius 3 is 2.52 bits per heavy atom. The maximum atomic E-state index is 12.6. The van der Waals surface area contributed by atoms with Gasteiger partial charge >= 0.3 is 6.18 Å². The molecule has 1 aromatic heterocycles. The number of aromatic nitrogens is 1. The molecule has 0 aliphatic carbocycles. The van der Waals surface area contributed by atoms with Crippen molar-refractivity contribution in [3.8, 4) is 0 Å². The van der Waals surface area contributed by atoms with E-state index in [0.29, 0.717) is 18.0 Å². The molecule has 1 aliphatic rings. The van der Waals surface area contributed by atoms with Crippen LogP contribution in [0.3, 0.4) is 0 Å². The number of rotatable bonds is 6. The van der Waals surface area contributed by atoms with Crippen LogP contribution >= 0.6 is 35.3 Å². The number of piperazine rings is 1. The number of nitrogens with one attached hydrogen (secondary N) is 1. The lowest BCUT2D eigenvalue weighted by atomic mass is 10.2. The summed E-state index contributed by atoms with van der Waals surface area (Å²) in [4.78, 5) is 12.5. The number of benzene rings is 1. The predicted octanol–water partition coefficient (Wildman–Crippen LogP) is 4.23. The van der Waals surface area contributed by atoms with Gasteiger partial charge in [-0.15, -0.1) is 35.3 Å². The molecule has 0 spiro atoms. The van der Waals surface area contributed by atoms with E-state index in [1.165, 1.54) is 5.56 Å². The summed E-state index contributed by atoms with van der Waals surface area (Å²) in [7, 11) is 1.72. The van der Waals surface area contributed by atoms with Crippen LogP contribution in [0.1, 0.15) is 16.3 Å². The molecular formula is C21H27F3IN5S. The molecule has 0 saturated carbocycles. The van der Waals surface area contributed by atoms with Gasteiger partial charge in [0, 0.05) is 58.1 Å². The van der Waals surface area contributed by atoms with E-state index in [1.54, 1.807) is 7.05 Å². The lowest BCUT2D eigenvalue weighted by molar-refractivity contribution is -0.140. The van der Waals surface area contributed by atoms with Gasteiger partial charge in [0.2, 0.25) is 0 Å². The van der Waals surface area contributed by atoms with E-state index in [9.17, 15) is 13.2 Å². The number of hydrogen-bond donors (Lipinski definition) is 1. The van der Waals surface area contributed by atoms with Crippen molar-refractivity contribution in [2.75, 3.05) is 46.3 Å². The first-order valence-corrected chi connectivity index (χ1v) is 10.7. The Bertz CT molecular complexity index is 846. The van der Waals surface area contributed by atoms with Crippen LogP contribution in [0.4, 0.5) is 13.2 Å². The third kappa shape index (κ3) is 8.08. The number of halogens is 4. The van der Waals surface area contributed by atoms with Crippen molar-refractivity contribution in [2.24, 2.45) is 4.99 Å². The summed E-state index contributed by atoms with van der Waals surface area (Å²) in [5.41, 5.74) is 0.382. The smallest absolute Gasteiger partial charge is 0.356 e. The topological polar surface area (TPSA) is 43.8 Å². The van der Waals surface area contributed by atoms with Crippen LogP contribution in [0, 0.1) is 0 Å². The van der Waals surface area contributed by atoms with Crippen molar-refractivity contribution in [1.29, 1.82) is 0 Å². The fourth-order valence-electron chi connectivity index (χ4n) is 3.21. The summed E-state index contributed by atoms with van der Waals surface area (Å²) in [5.74, 6) is 0.780. The molecule has 10 heteroatoms. The lowest BCUT2D eigenvalue weighted by Gasteiger charge is -2.36. The van der Waals surface area contributed by atoms with Crippen molar-refractivity contribution >= 4 is 47.3 Å². The molecular weight excluding hydrogens is 538 g/mol. The Kier molecular flexibility index (Phi) is 10.2. The largest absolute Gasteiger partial charge is 0.434 e. The van der Waals surface area contributed by atoms with Gasteiger partial charge in [0.05, 0.1) is 5.01 Å². The molecule has 0 radical (unpaired) electrons. The minimum Gasteiger partial charge on any atom is -0.356 e. The molecule has 0 atom stereocenters. The van der Waals surface area contributed by atoms with E-state index < -0.39 is 11.9 Å². The zero-order valence-electron chi connectivity index (χ0n) is 17.3. The average Bonchev–Trinajstić information content (AvgIpc) is 3.22. The van der Waals surface area contributed by atoms with Crippen LogP contribution in [0.15, 0.2) is 46.8 Å². The first kappa shape index (κ1) is 25.6. The standard InChI is InChI=1S/C21H26F3N5S.HI/c1-25-20(26-10-9-19-27-18(16-30-19)21(22,23)24)29-14-12-28(13-15-29)11-5-8-17-6-3-2-4-7-17;/h2-8,16H,9-15H2,1H3,(H,25,26);1H/b8-5+;. The molecule has 1 aromatic carbocycles. The zero-order chi connectivity index (χ0) is 21.4. The van der Waals surface area contributed by atoms with Crippen LogP contribution in [0.5, 0.6) is 0 Å². The second-order valence-electron chi connectivity index (χ2n) is 6.95. The second kappa shape index (κ2) is 12.4. The molecule has 1 N–H and O–H groups in total. The first-order valence-electron chi connectivity index (χ1n) is 9.87. The van der Waals surface area contributed by atoms with Gasteiger partial charge in [-0.05, 0) is 5.56 Å². The minimum absolute atomic E-state index is 0. The molecule has 170 valence electrons. The lowest BCUT2D eigenvalue weighted by Crippen LogP contribution is -2.52. The Hall–Kier alpha value is -1.66. The van der Waals surface area contributed by atoms with E-state index in [2.05, 4.69) is 49.4 Å². The van der Waals surface area contributed by atoms with Crippen molar-refractivity contribution in [1.82, 2.24) is 20.1 Å². The fourth-order valence-corrected chi connectivity index (χ4v) is 4.02. The summed E-state index contributed by atoms with van der Waals surface area (Å²) in [6.45, 7) is 4.98. The molecule has 1 fully saturated rings. The van der Waals surface area contributed by atoms with Crippen molar-refractivity contribution in [2.45, 2.75) is 12.6 Å². The number of thiazole rings is 1. The molecule has 1 aliphatic heterocycles. The SMILES string of the molecule is CN=C(NCCc1nc(C(F)(F)F)cs1)N1CCN(C/C=C/c2ccccc2)CC1.I. The quantitative estimate of drug-likeness (QED) is 0.324. The Morgan fingerprint density at radius 1 is 1.19 bits per heavy atom. The number of hydrogen-bond acceptors (Lipinski definition) is 4. The van der Waals surface area contributed by atoms with Gasteiger partial charge in [-0.1, -0.05) is 42.5 Å². The molecule has 0 amide bonds. The molecule has 2 aromatic rings. The summed E-state index contributed by atoms with van der Waals surface area (Å²) in [6.07, 6.45) is 0.370. The highest BCUT2D eigenvalue weighted by Crippen LogP contribution is 2.30. The van der Waals surface area contributed by atoms with Gasteiger partial charge in [0.1, 0.15) is 0 Å². The number of aliphatic imine (C=N–C) groups is 1. The van der Waals surface area contributed by atoms with E-state index >= 15 is 0 Å². The predicted molar refractivity (Wildman–Crippen MR) is 131 cm³/mol. The van der Waals surface area contributed by atoms with E-state index in [0.717, 1.165) is 55.4 Å². The van der Waals surface area contributed by atoms with Crippen LogP contribution in [0.25, 0.3) is 6.08 Å². The zero-order valence-corrected chi connectivity index (χ0v) is 20.5. The van der Waals surface area contributed by atoms with Crippen molar-refractivity contribution in [3.05, 3.63) is 58.1 Å². The Morgan fingerprint density at radius 2 is 1.90 bits per heavy atom. The molecule has 3 rings (SSSR count). The van der Waals surface area contributed by atoms with Crippen molar-refractivity contribution < 1.29 is 13.2 Å². The van der Waals surface area contributed by atoms with Crippen LogP contribution in [-0.2, 0) is 12.6 Å². The van der Waals surface area contributed by atoms with Crippen molar-refractivity contribution in [3.63, 3.8) is 0 Å². The van der Waals surface area contributed by atoms with Crippen LogP contribution in [-0.4, -0.2) is 67.1 Å². The molecule has 1 saturated heterocycles. The monoisotopic (exact) mass is 565 g/mol. The number of nitrogens with zero attached hydrogens (tertiary/aromatic N) is 4. The number of guanidine groups is 1. The number of alkyl halides is 3. The third-order valence-corrected chi connectivity index (χ3v) is 5.73. The van der Waals surface area contributed by atoms with Gasteiger partial charge in [-0.2, -0.15) is 13.2 Å². The van der Waals surface area contributed by atoms with Gasteiger partial charge in [0.15, 0.2) is 11.7 Å². The minimum atomic E-state index is -4.38. The molecule has 0 unspecified atom stereocenters. The Labute approximate surface area is 202 Å². The van der Waals surface area contributed by atoms with Gasteiger partial charge in [0.25, 0.3) is 0 Å². The second-order valence-corrected chi connectivity index (χ2v) is 7.89. The Balaban J connectivity index is 0.00000341. The van der Waals surface area contributed by atoms with Gasteiger partial charge < -0.3 is 10.2 Å². The molecule has 31 heavy (non-hydrogen) atoms. The van der Waals surface area contributed by atoms with E-state index in [4.69, 9.17) is 0 Å². The summed E-state index contributed by atoms with van der Waals surface area (Å²) in [5, 5.41) is 4.78. The van der Waals surface area contributed by atoms with Crippen LogP contribution < -0.4 is 5.32 Å². The molecule has 2 heterocycles. The highest BCUT2D eigenvalue weighted by molar-refractivity contribution is 14.0. The van der Waals surface area contributed by atoms with E-state index in [-0.39, 0.29) is 24.0 Å². The maximum absolute atomic E-state index is 12.6. The summed E-state index contributed by atoms with van der Waals surface area (Å²) in [6, 6.07) is 10.2. The normalized spacial score (nSPS) is 15.9. The average molecular weight is 565 g/mol. The molecule has 0 bridgehead atoms. The third-order valence-electron chi connectivity index (χ3n) is 4.82. The van der Waals surface area contributed by atoms with Crippen LogP contribution in [0.2, 0.25) is 0 Å².